The zero-order chi connectivity index (χ0) is 17.4. The molecular formula is C15H22N4O4S. The molecule has 1 unspecified atom stereocenters. The number of hydrogen-bond acceptors (Lipinski definition) is 7. The van der Waals surface area contributed by atoms with Gasteiger partial charge in [-0.2, -0.15) is 0 Å². The highest BCUT2D eigenvalue weighted by molar-refractivity contribution is 7.13. The van der Waals surface area contributed by atoms with E-state index in [4.69, 9.17) is 9.47 Å². The van der Waals surface area contributed by atoms with Crippen LogP contribution >= 0.6 is 11.3 Å². The summed E-state index contributed by atoms with van der Waals surface area (Å²) in [5, 5.41) is 2.44. The molecule has 2 amide bonds. The Kier molecular flexibility index (Phi) is 7.16. The summed E-state index contributed by atoms with van der Waals surface area (Å²) in [5.41, 5.74) is 4.95. The standard InChI is InChI=1S/C15H22N4O4S/c1-3-4-7-23-11(2)13(20)17-18-14(21)12-10-24-15(16-12)19-5-8-22-9-6-19/h3,10-11H,1,4-9H2,2H3,(H,17,20)(H,18,21). The Labute approximate surface area is 144 Å². The first-order chi connectivity index (χ1) is 11.6. The average molecular weight is 354 g/mol. The lowest BCUT2D eigenvalue weighted by atomic mass is 10.4. The van der Waals surface area contributed by atoms with E-state index in [1.165, 1.54) is 11.3 Å². The van der Waals surface area contributed by atoms with Gasteiger partial charge in [-0.15, -0.1) is 17.9 Å². The second kappa shape index (κ2) is 9.36. The molecule has 1 atom stereocenters. The molecule has 0 radical (unpaired) electrons. The zero-order valence-corrected chi connectivity index (χ0v) is 14.4. The molecule has 2 N–H and O–H groups in total. The lowest BCUT2D eigenvalue weighted by Gasteiger charge is -2.25. The maximum absolute atomic E-state index is 12.0. The first-order valence-electron chi connectivity index (χ1n) is 7.72. The van der Waals surface area contributed by atoms with E-state index in [1.54, 1.807) is 18.4 Å². The number of morpholine rings is 1. The van der Waals surface area contributed by atoms with Crippen molar-refractivity contribution in [2.45, 2.75) is 19.4 Å². The smallest absolute Gasteiger partial charge is 0.289 e. The molecule has 9 heteroatoms. The molecule has 1 fully saturated rings. The summed E-state index contributed by atoms with van der Waals surface area (Å²) in [6.07, 6.45) is 1.71. The predicted octanol–water partition coefficient (Wildman–Crippen LogP) is 0.722. The molecular weight excluding hydrogens is 332 g/mol. The van der Waals surface area contributed by atoms with Gasteiger partial charge in [-0.05, 0) is 13.3 Å². The fourth-order valence-electron chi connectivity index (χ4n) is 1.96. The molecule has 1 saturated heterocycles. The molecule has 0 aliphatic carbocycles. The van der Waals surface area contributed by atoms with Gasteiger partial charge in [-0.1, -0.05) is 6.08 Å². The molecule has 0 spiro atoms. The maximum Gasteiger partial charge on any atom is 0.289 e. The lowest BCUT2D eigenvalue weighted by molar-refractivity contribution is -0.132. The van der Waals surface area contributed by atoms with Crippen LogP contribution in [0.2, 0.25) is 0 Å². The minimum atomic E-state index is -0.662. The van der Waals surface area contributed by atoms with Crippen LogP contribution in [0.5, 0.6) is 0 Å². The third-order valence-corrected chi connectivity index (χ3v) is 4.27. The molecule has 1 aliphatic heterocycles. The number of hydrogen-bond donors (Lipinski definition) is 2. The van der Waals surface area contributed by atoms with Crippen LogP contribution in [0.1, 0.15) is 23.8 Å². The Morgan fingerprint density at radius 2 is 2.25 bits per heavy atom. The number of nitrogens with one attached hydrogen (secondary N) is 2. The van der Waals surface area contributed by atoms with Gasteiger partial charge in [0.25, 0.3) is 11.8 Å². The van der Waals surface area contributed by atoms with Crippen molar-refractivity contribution in [3.63, 3.8) is 0 Å². The molecule has 0 aromatic carbocycles. The summed E-state index contributed by atoms with van der Waals surface area (Å²) in [6.45, 7) is 8.41. The Bertz CT molecular complexity index is 572. The zero-order valence-electron chi connectivity index (χ0n) is 13.6. The molecule has 2 heterocycles. The molecule has 8 nitrogen and oxygen atoms in total. The van der Waals surface area contributed by atoms with Crippen molar-refractivity contribution in [2.75, 3.05) is 37.8 Å². The van der Waals surface area contributed by atoms with Crippen LogP contribution in [0.3, 0.4) is 0 Å². The van der Waals surface area contributed by atoms with Crippen LogP contribution in [-0.4, -0.2) is 55.8 Å². The molecule has 132 valence electrons. The van der Waals surface area contributed by atoms with Gasteiger partial charge in [0.2, 0.25) is 0 Å². The Hall–Kier alpha value is -1.97. The van der Waals surface area contributed by atoms with Crippen LogP contribution in [0.15, 0.2) is 18.0 Å². The lowest BCUT2D eigenvalue weighted by Crippen LogP contribution is -2.46. The summed E-state index contributed by atoms with van der Waals surface area (Å²) < 4.78 is 10.6. The predicted molar refractivity (Wildman–Crippen MR) is 91.0 cm³/mol. The number of carbonyl (C=O) groups is 2. The van der Waals surface area contributed by atoms with Crippen LogP contribution in [0, 0.1) is 0 Å². The number of aromatic nitrogens is 1. The molecule has 2 rings (SSSR count). The van der Waals surface area contributed by atoms with Crippen LogP contribution < -0.4 is 15.8 Å². The highest BCUT2D eigenvalue weighted by Gasteiger charge is 2.19. The molecule has 24 heavy (non-hydrogen) atoms. The number of ether oxygens (including phenoxy) is 2. The molecule has 1 aliphatic rings. The second-order valence-corrected chi connectivity index (χ2v) is 5.99. The van der Waals surface area contributed by atoms with Gasteiger partial charge in [0, 0.05) is 18.5 Å². The number of hydrazine groups is 1. The summed E-state index contributed by atoms with van der Waals surface area (Å²) in [5.74, 6) is -0.881. The Morgan fingerprint density at radius 1 is 1.50 bits per heavy atom. The van der Waals surface area contributed by atoms with Gasteiger partial charge in [0.15, 0.2) is 5.13 Å². The Balaban J connectivity index is 1.78. The molecule has 0 saturated carbocycles. The van der Waals surface area contributed by atoms with E-state index in [2.05, 4.69) is 27.3 Å². The van der Waals surface area contributed by atoms with Crippen molar-refractivity contribution in [1.29, 1.82) is 0 Å². The highest BCUT2D eigenvalue weighted by Crippen LogP contribution is 2.21. The van der Waals surface area contributed by atoms with Gasteiger partial charge < -0.3 is 14.4 Å². The number of thiazole rings is 1. The van der Waals surface area contributed by atoms with Crippen molar-refractivity contribution in [3.8, 4) is 0 Å². The Morgan fingerprint density at radius 3 is 2.96 bits per heavy atom. The normalized spacial score (nSPS) is 15.6. The summed E-state index contributed by atoms with van der Waals surface area (Å²) in [6, 6.07) is 0. The number of anilines is 1. The molecule has 1 aromatic rings. The summed E-state index contributed by atoms with van der Waals surface area (Å²) in [4.78, 5) is 30.2. The summed E-state index contributed by atoms with van der Waals surface area (Å²) >= 11 is 1.39. The van der Waals surface area contributed by atoms with Crippen molar-refractivity contribution in [1.82, 2.24) is 15.8 Å². The highest BCUT2D eigenvalue weighted by atomic mass is 32.1. The first kappa shape index (κ1) is 18.4. The van der Waals surface area contributed by atoms with Crippen molar-refractivity contribution in [2.24, 2.45) is 0 Å². The number of amides is 2. The van der Waals surface area contributed by atoms with E-state index in [9.17, 15) is 9.59 Å². The second-order valence-electron chi connectivity index (χ2n) is 5.15. The minimum Gasteiger partial charge on any atom is -0.378 e. The fraction of sp³-hybridized carbons (Fsp3) is 0.533. The summed E-state index contributed by atoms with van der Waals surface area (Å²) in [7, 11) is 0. The van der Waals surface area contributed by atoms with E-state index < -0.39 is 17.9 Å². The van der Waals surface area contributed by atoms with Gasteiger partial charge in [0.1, 0.15) is 11.8 Å². The minimum absolute atomic E-state index is 0.266. The van der Waals surface area contributed by atoms with E-state index in [0.29, 0.717) is 26.2 Å². The average Bonchev–Trinajstić information content (AvgIpc) is 3.10. The maximum atomic E-state index is 12.0. The van der Waals surface area contributed by atoms with E-state index >= 15 is 0 Å². The third kappa shape index (κ3) is 5.29. The van der Waals surface area contributed by atoms with Gasteiger partial charge >= 0.3 is 0 Å². The molecule has 0 bridgehead atoms. The number of nitrogens with zero attached hydrogens (tertiary/aromatic N) is 2. The van der Waals surface area contributed by atoms with Gasteiger partial charge in [0.05, 0.1) is 19.8 Å². The largest absolute Gasteiger partial charge is 0.378 e. The van der Waals surface area contributed by atoms with Crippen molar-refractivity contribution < 1.29 is 19.1 Å². The van der Waals surface area contributed by atoms with E-state index in [0.717, 1.165) is 18.2 Å². The van der Waals surface area contributed by atoms with E-state index in [1.807, 2.05) is 0 Å². The number of rotatable bonds is 7. The topological polar surface area (TPSA) is 92.8 Å². The van der Waals surface area contributed by atoms with Crippen LogP contribution in [0.4, 0.5) is 5.13 Å². The van der Waals surface area contributed by atoms with Gasteiger partial charge in [-0.25, -0.2) is 4.98 Å². The van der Waals surface area contributed by atoms with Gasteiger partial charge in [-0.3, -0.25) is 20.4 Å². The number of carbonyl (C=O) groups excluding carboxylic acids is 2. The molecule has 1 aromatic heterocycles. The van der Waals surface area contributed by atoms with Crippen LogP contribution in [0.25, 0.3) is 0 Å². The quantitative estimate of drug-likeness (QED) is 0.426. The fourth-order valence-corrected chi connectivity index (χ4v) is 2.82. The van der Waals surface area contributed by atoms with Crippen LogP contribution in [-0.2, 0) is 14.3 Å². The van der Waals surface area contributed by atoms with Crippen molar-refractivity contribution >= 4 is 28.3 Å². The first-order valence-corrected chi connectivity index (χ1v) is 8.60. The van der Waals surface area contributed by atoms with E-state index in [-0.39, 0.29) is 5.69 Å². The van der Waals surface area contributed by atoms with Crippen molar-refractivity contribution in [3.05, 3.63) is 23.7 Å². The SMILES string of the molecule is C=CCCOC(C)C(=O)NNC(=O)c1csc(N2CCOCC2)n1. The third-order valence-electron chi connectivity index (χ3n) is 3.36. The monoisotopic (exact) mass is 354 g/mol.